The highest BCUT2D eigenvalue weighted by Gasteiger charge is 2.44. The summed E-state index contributed by atoms with van der Waals surface area (Å²) >= 11 is 0. The number of hydrazine groups is 2. The van der Waals surface area contributed by atoms with Crippen molar-refractivity contribution in [1.82, 2.24) is 16.0 Å². The Balaban J connectivity index is 1.81. The Morgan fingerprint density at radius 3 is 2.92 bits per heavy atom. The van der Waals surface area contributed by atoms with Crippen LogP contribution in [0.3, 0.4) is 0 Å². The molecule has 12 heavy (non-hydrogen) atoms. The molecule has 2 N–H and O–H groups in total. The lowest BCUT2D eigenvalue weighted by atomic mass is 10.1. The second-order valence-electron chi connectivity index (χ2n) is 3.63. The monoisotopic (exact) mass is 169 g/mol. The minimum Gasteiger partial charge on any atom is -0.384 e. The fourth-order valence-corrected chi connectivity index (χ4v) is 1.57. The molecule has 4 heteroatoms. The molecule has 0 spiro atoms. The molecule has 2 rings (SSSR count). The van der Waals surface area contributed by atoms with E-state index in [-0.39, 0.29) is 0 Å². The third-order valence-electron chi connectivity index (χ3n) is 2.46. The van der Waals surface area contributed by atoms with Gasteiger partial charge in [0.15, 0.2) is 0 Å². The zero-order valence-corrected chi connectivity index (χ0v) is 7.34. The molecular formula is C8H15N3O. The summed E-state index contributed by atoms with van der Waals surface area (Å²) in [5.74, 6) is 0. The Labute approximate surface area is 72.5 Å². The second-order valence-corrected chi connectivity index (χ2v) is 3.63. The predicted molar refractivity (Wildman–Crippen MR) is 45.7 cm³/mol. The third-order valence-corrected chi connectivity index (χ3v) is 2.46. The average Bonchev–Trinajstić information content (AvgIpc) is 2.63. The van der Waals surface area contributed by atoms with E-state index in [1.165, 1.54) is 12.8 Å². The number of rotatable bonds is 4. The van der Waals surface area contributed by atoms with E-state index in [1.54, 1.807) is 7.11 Å². The van der Waals surface area contributed by atoms with E-state index in [0.29, 0.717) is 5.41 Å². The van der Waals surface area contributed by atoms with Gasteiger partial charge in [0.05, 0.1) is 6.61 Å². The molecule has 1 fully saturated rings. The quantitative estimate of drug-likeness (QED) is 0.630. The van der Waals surface area contributed by atoms with Gasteiger partial charge in [-0.2, -0.15) is 0 Å². The molecule has 0 aromatic heterocycles. The lowest BCUT2D eigenvalue weighted by Gasteiger charge is -2.21. The van der Waals surface area contributed by atoms with Crippen LogP contribution in [-0.2, 0) is 4.74 Å². The van der Waals surface area contributed by atoms with Crippen LogP contribution in [0, 0.1) is 5.41 Å². The van der Waals surface area contributed by atoms with Crippen molar-refractivity contribution in [3.63, 3.8) is 0 Å². The highest BCUT2D eigenvalue weighted by molar-refractivity contribution is 4.97. The minimum absolute atomic E-state index is 0.415. The normalized spacial score (nSPS) is 24.2. The van der Waals surface area contributed by atoms with E-state index >= 15 is 0 Å². The molecule has 1 aliphatic carbocycles. The standard InChI is InChI=1S/C8H15N3O/c1-12-7-8(2-3-8)6-11-5-4-9-10-11/h4-5,9-10H,2-3,6-7H2,1H3. The Hall–Kier alpha value is -0.740. The van der Waals surface area contributed by atoms with Gasteiger partial charge in [-0.05, 0) is 12.8 Å². The molecule has 4 nitrogen and oxygen atoms in total. The molecule has 0 aromatic rings. The van der Waals surface area contributed by atoms with E-state index in [2.05, 4.69) is 16.0 Å². The first-order valence-electron chi connectivity index (χ1n) is 4.28. The van der Waals surface area contributed by atoms with Gasteiger partial charge in [-0.1, -0.05) is 0 Å². The maximum atomic E-state index is 5.18. The Morgan fingerprint density at radius 1 is 1.58 bits per heavy atom. The summed E-state index contributed by atoms with van der Waals surface area (Å²) in [5, 5.41) is 2.06. The molecule has 0 unspecified atom stereocenters. The molecule has 0 amide bonds. The van der Waals surface area contributed by atoms with Crippen molar-refractivity contribution in [2.45, 2.75) is 12.8 Å². The minimum atomic E-state index is 0.415. The number of nitrogens with one attached hydrogen (secondary N) is 2. The molecule has 0 aromatic carbocycles. The average molecular weight is 169 g/mol. The van der Waals surface area contributed by atoms with E-state index in [0.717, 1.165) is 13.2 Å². The highest BCUT2D eigenvalue weighted by Crippen LogP contribution is 2.46. The molecule has 1 saturated carbocycles. The van der Waals surface area contributed by atoms with Gasteiger partial charge in [-0.25, -0.2) is 0 Å². The van der Waals surface area contributed by atoms with Crippen molar-refractivity contribution in [2.75, 3.05) is 20.3 Å². The lowest BCUT2D eigenvalue weighted by Crippen LogP contribution is -2.40. The van der Waals surface area contributed by atoms with Crippen LogP contribution < -0.4 is 11.0 Å². The van der Waals surface area contributed by atoms with Crippen molar-refractivity contribution in [3.05, 3.63) is 12.4 Å². The van der Waals surface area contributed by atoms with Crippen LogP contribution in [0.1, 0.15) is 12.8 Å². The van der Waals surface area contributed by atoms with Crippen LogP contribution in [0.15, 0.2) is 12.4 Å². The van der Waals surface area contributed by atoms with Crippen molar-refractivity contribution in [3.8, 4) is 0 Å². The predicted octanol–water partition coefficient (Wildman–Crippen LogP) is 0.209. The smallest absolute Gasteiger partial charge is 0.0536 e. The van der Waals surface area contributed by atoms with Crippen LogP contribution in [-0.4, -0.2) is 25.3 Å². The molecule has 0 saturated heterocycles. The summed E-state index contributed by atoms with van der Waals surface area (Å²) in [6.07, 6.45) is 6.47. The van der Waals surface area contributed by atoms with E-state index in [9.17, 15) is 0 Å². The first kappa shape index (κ1) is 7.89. The SMILES string of the molecule is COCC1(CN2C=CNN2)CC1. The van der Waals surface area contributed by atoms with Crippen molar-refractivity contribution in [1.29, 1.82) is 0 Å². The molecule has 68 valence electrons. The number of ether oxygens (including phenoxy) is 1. The molecule has 1 aliphatic heterocycles. The second kappa shape index (κ2) is 2.95. The molecule has 0 bridgehead atoms. The van der Waals surface area contributed by atoms with Gasteiger partial charge >= 0.3 is 0 Å². The van der Waals surface area contributed by atoms with Crippen molar-refractivity contribution < 1.29 is 4.74 Å². The van der Waals surface area contributed by atoms with Gasteiger partial charge in [-0.3, -0.25) is 5.01 Å². The maximum Gasteiger partial charge on any atom is 0.0536 e. The van der Waals surface area contributed by atoms with Crippen LogP contribution >= 0.6 is 0 Å². The maximum absolute atomic E-state index is 5.18. The van der Waals surface area contributed by atoms with Crippen LogP contribution in [0.5, 0.6) is 0 Å². The molecule has 0 atom stereocenters. The van der Waals surface area contributed by atoms with E-state index in [1.807, 2.05) is 12.4 Å². The number of nitrogens with zero attached hydrogens (tertiary/aromatic N) is 1. The Kier molecular flexibility index (Phi) is 1.94. The summed E-state index contributed by atoms with van der Waals surface area (Å²) in [6, 6.07) is 0. The zero-order valence-electron chi connectivity index (χ0n) is 7.34. The number of hydrogen-bond acceptors (Lipinski definition) is 4. The highest BCUT2D eigenvalue weighted by atomic mass is 16.5. The van der Waals surface area contributed by atoms with Gasteiger partial charge < -0.3 is 10.2 Å². The number of methoxy groups -OCH3 is 1. The van der Waals surface area contributed by atoms with E-state index in [4.69, 9.17) is 4.74 Å². The van der Waals surface area contributed by atoms with Crippen LogP contribution in [0.4, 0.5) is 0 Å². The van der Waals surface area contributed by atoms with Gasteiger partial charge in [-0.15, -0.1) is 5.53 Å². The lowest BCUT2D eigenvalue weighted by molar-refractivity contribution is 0.108. The molecular weight excluding hydrogens is 154 g/mol. The van der Waals surface area contributed by atoms with Crippen molar-refractivity contribution >= 4 is 0 Å². The van der Waals surface area contributed by atoms with Crippen LogP contribution in [0.2, 0.25) is 0 Å². The Bertz CT molecular complexity index is 189. The van der Waals surface area contributed by atoms with Gasteiger partial charge in [0.25, 0.3) is 0 Å². The van der Waals surface area contributed by atoms with E-state index < -0.39 is 0 Å². The first-order chi connectivity index (χ1) is 5.85. The largest absolute Gasteiger partial charge is 0.384 e. The van der Waals surface area contributed by atoms with Gasteiger partial charge in [0.2, 0.25) is 0 Å². The van der Waals surface area contributed by atoms with Crippen LogP contribution in [0.25, 0.3) is 0 Å². The fourth-order valence-electron chi connectivity index (χ4n) is 1.57. The fraction of sp³-hybridized carbons (Fsp3) is 0.750. The number of hydrogen-bond donors (Lipinski definition) is 2. The third kappa shape index (κ3) is 1.54. The Morgan fingerprint density at radius 2 is 2.42 bits per heavy atom. The summed E-state index contributed by atoms with van der Waals surface area (Å²) < 4.78 is 5.18. The topological polar surface area (TPSA) is 36.5 Å². The first-order valence-corrected chi connectivity index (χ1v) is 4.28. The summed E-state index contributed by atoms with van der Waals surface area (Å²) in [6.45, 7) is 1.91. The summed E-state index contributed by atoms with van der Waals surface area (Å²) in [5.41, 5.74) is 6.36. The molecule has 0 radical (unpaired) electrons. The summed E-state index contributed by atoms with van der Waals surface area (Å²) in [7, 11) is 1.77. The zero-order chi connectivity index (χ0) is 8.44. The molecule has 1 heterocycles. The molecule has 2 aliphatic rings. The van der Waals surface area contributed by atoms with Gasteiger partial charge in [0.1, 0.15) is 0 Å². The van der Waals surface area contributed by atoms with Gasteiger partial charge in [0, 0.05) is 31.5 Å². The summed E-state index contributed by atoms with van der Waals surface area (Å²) in [4.78, 5) is 0. The van der Waals surface area contributed by atoms with Crippen molar-refractivity contribution in [2.24, 2.45) is 5.41 Å².